The van der Waals surface area contributed by atoms with Gasteiger partial charge in [0.15, 0.2) is 10.8 Å². The van der Waals surface area contributed by atoms with Crippen molar-refractivity contribution in [3.05, 3.63) is 51.2 Å². The van der Waals surface area contributed by atoms with Gasteiger partial charge in [-0.25, -0.2) is 9.50 Å². The third-order valence-electron chi connectivity index (χ3n) is 2.90. The fourth-order valence-corrected chi connectivity index (χ4v) is 2.17. The van der Waals surface area contributed by atoms with Crippen molar-refractivity contribution in [3.8, 4) is 0 Å². The predicted molar refractivity (Wildman–Crippen MR) is 84.0 cm³/mol. The van der Waals surface area contributed by atoms with Crippen LogP contribution in [-0.2, 0) is 0 Å². The fourth-order valence-electron chi connectivity index (χ4n) is 1.72. The summed E-state index contributed by atoms with van der Waals surface area (Å²) in [6.45, 7) is 7.76. The molecule has 3 rings (SSSR count). The molecule has 0 fully saturated rings. The maximum absolute atomic E-state index is 5.77. The van der Waals surface area contributed by atoms with Crippen LogP contribution in [0.2, 0.25) is 10.3 Å². The number of rotatable bonds is 0. The van der Waals surface area contributed by atoms with Crippen LogP contribution in [0.25, 0.3) is 5.65 Å². The first-order valence-electron chi connectivity index (χ1n) is 6.32. The number of hydrogen-bond acceptors (Lipinski definition) is 4. The molecule has 3 heterocycles. The van der Waals surface area contributed by atoms with Gasteiger partial charge in [0.25, 0.3) is 0 Å². The van der Waals surface area contributed by atoms with Gasteiger partial charge < -0.3 is 0 Å². The Balaban J connectivity index is 0.000000161. The average Bonchev–Trinajstić information content (AvgIpc) is 2.76. The second-order valence-electron chi connectivity index (χ2n) is 4.74. The van der Waals surface area contributed by atoms with Gasteiger partial charge in [-0.05, 0) is 51.0 Å². The number of imidazole rings is 1. The SMILES string of the molecule is Cc1cc(Cl)nnc1C.Cc1cn2nc(Cl)cc(C)c2n1. The highest BCUT2D eigenvalue weighted by Crippen LogP contribution is 2.12. The first kappa shape index (κ1) is 15.7. The summed E-state index contributed by atoms with van der Waals surface area (Å²) in [5.74, 6) is 0. The van der Waals surface area contributed by atoms with Crippen LogP contribution in [0.15, 0.2) is 18.3 Å². The standard InChI is InChI=1S/C8H8ClN3.C6H7ClN2/c1-5-3-7(9)11-12-4-6(2)10-8(5)12;1-4-3-6(7)9-8-5(4)2/h3-4H,1-2H3;3H,1-2H3. The molecule has 0 bridgehead atoms. The van der Waals surface area contributed by atoms with Gasteiger partial charge in [-0.3, -0.25) is 0 Å². The summed E-state index contributed by atoms with van der Waals surface area (Å²) < 4.78 is 1.70. The minimum absolute atomic E-state index is 0.457. The smallest absolute Gasteiger partial charge is 0.156 e. The van der Waals surface area contributed by atoms with Gasteiger partial charge in [-0.2, -0.15) is 10.2 Å². The van der Waals surface area contributed by atoms with Crippen LogP contribution in [0.4, 0.5) is 0 Å². The molecule has 0 radical (unpaired) electrons. The minimum Gasteiger partial charge on any atom is -0.232 e. The molecule has 0 spiro atoms. The highest BCUT2D eigenvalue weighted by molar-refractivity contribution is 6.29. The largest absolute Gasteiger partial charge is 0.232 e. The number of aryl methyl sites for hydroxylation is 4. The Morgan fingerprint density at radius 2 is 1.57 bits per heavy atom. The summed E-state index contributed by atoms with van der Waals surface area (Å²) in [5, 5.41) is 12.5. The maximum Gasteiger partial charge on any atom is 0.156 e. The summed E-state index contributed by atoms with van der Waals surface area (Å²) >= 11 is 11.3. The molecule has 110 valence electrons. The third-order valence-corrected chi connectivity index (χ3v) is 3.27. The fraction of sp³-hybridized carbons (Fsp3) is 0.286. The monoisotopic (exact) mass is 323 g/mol. The molecule has 0 unspecified atom stereocenters. The molecule has 0 aliphatic heterocycles. The first-order valence-corrected chi connectivity index (χ1v) is 7.08. The Bertz CT molecular complexity index is 782. The van der Waals surface area contributed by atoms with Crippen molar-refractivity contribution in [2.24, 2.45) is 0 Å². The molecular weight excluding hydrogens is 309 g/mol. The van der Waals surface area contributed by atoms with Gasteiger partial charge >= 0.3 is 0 Å². The van der Waals surface area contributed by atoms with Gasteiger partial charge in [0, 0.05) is 0 Å². The first-order chi connectivity index (χ1) is 9.86. The number of fused-ring (bicyclic) bond motifs is 1. The van der Waals surface area contributed by atoms with Crippen molar-refractivity contribution < 1.29 is 0 Å². The van der Waals surface area contributed by atoms with Gasteiger partial charge in [0.05, 0.1) is 17.6 Å². The lowest BCUT2D eigenvalue weighted by molar-refractivity contribution is 0.927. The van der Waals surface area contributed by atoms with Crippen molar-refractivity contribution in [1.29, 1.82) is 0 Å². The minimum atomic E-state index is 0.457. The molecule has 3 aromatic rings. The second-order valence-corrected chi connectivity index (χ2v) is 5.51. The molecule has 7 heteroatoms. The molecular formula is C14H15Cl2N5. The summed E-state index contributed by atoms with van der Waals surface area (Å²) in [5.41, 5.74) is 4.88. The maximum atomic E-state index is 5.77. The molecule has 0 N–H and O–H groups in total. The molecule has 0 aliphatic rings. The van der Waals surface area contributed by atoms with E-state index >= 15 is 0 Å². The molecule has 0 saturated carbocycles. The van der Waals surface area contributed by atoms with Crippen LogP contribution < -0.4 is 0 Å². The Hall–Kier alpha value is -1.72. The Labute approximate surface area is 132 Å². The van der Waals surface area contributed by atoms with Crippen molar-refractivity contribution in [3.63, 3.8) is 0 Å². The van der Waals surface area contributed by atoms with Crippen molar-refractivity contribution in [2.75, 3.05) is 0 Å². The van der Waals surface area contributed by atoms with E-state index in [4.69, 9.17) is 23.2 Å². The highest BCUT2D eigenvalue weighted by atomic mass is 35.5. The van der Waals surface area contributed by atoms with Gasteiger partial charge in [-0.15, -0.1) is 5.10 Å². The van der Waals surface area contributed by atoms with Crippen molar-refractivity contribution in [1.82, 2.24) is 24.8 Å². The summed E-state index contributed by atoms with van der Waals surface area (Å²) in [6.07, 6.45) is 1.86. The molecule has 21 heavy (non-hydrogen) atoms. The quantitative estimate of drug-likeness (QED) is 0.632. The Morgan fingerprint density at radius 3 is 2.19 bits per heavy atom. The molecule has 0 aliphatic carbocycles. The number of nitrogens with zero attached hydrogens (tertiary/aromatic N) is 5. The van der Waals surface area contributed by atoms with Crippen LogP contribution in [-0.4, -0.2) is 24.8 Å². The zero-order valence-electron chi connectivity index (χ0n) is 12.2. The van der Waals surface area contributed by atoms with E-state index in [1.54, 1.807) is 10.6 Å². The van der Waals surface area contributed by atoms with Gasteiger partial charge in [0.1, 0.15) is 5.15 Å². The van der Waals surface area contributed by atoms with Crippen LogP contribution in [0.3, 0.4) is 0 Å². The van der Waals surface area contributed by atoms with E-state index < -0.39 is 0 Å². The third kappa shape index (κ3) is 3.89. The van der Waals surface area contributed by atoms with E-state index in [9.17, 15) is 0 Å². The highest BCUT2D eigenvalue weighted by Gasteiger charge is 2.02. The average molecular weight is 324 g/mol. The van der Waals surface area contributed by atoms with Gasteiger partial charge in [-0.1, -0.05) is 23.2 Å². The topological polar surface area (TPSA) is 56.0 Å². The van der Waals surface area contributed by atoms with E-state index in [0.717, 1.165) is 28.2 Å². The molecule has 5 nitrogen and oxygen atoms in total. The van der Waals surface area contributed by atoms with Crippen LogP contribution in [0.5, 0.6) is 0 Å². The molecule has 0 saturated heterocycles. The molecule has 3 aromatic heterocycles. The lowest BCUT2D eigenvalue weighted by Gasteiger charge is -1.96. The summed E-state index contributed by atoms with van der Waals surface area (Å²) in [6, 6.07) is 3.60. The lowest BCUT2D eigenvalue weighted by atomic mass is 10.3. The van der Waals surface area contributed by atoms with Gasteiger partial charge in [0.2, 0.25) is 0 Å². The zero-order chi connectivity index (χ0) is 15.6. The van der Waals surface area contributed by atoms with E-state index in [-0.39, 0.29) is 0 Å². The van der Waals surface area contributed by atoms with E-state index in [1.165, 1.54) is 0 Å². The second kappa shape index (κ2) is 6.37. The molecule has 0 aromatic carbocycles. The summed E-state index contributed by atoms with van der Waals surface area (Å²) in [4.78, 5) is 4.30. The molecule has 0 atom stereocenters. The predicted octanol–water partition coefficient (Wildman–Crippen LogP) is 3.75. The molecule has 0 amide bonds. The van der Waals surface area contributed by atoms with E-state index in [2.05, 4.69) is 20.3 Å². The number of aromatic nitrogens is 5. The normalized spacial score (nSPS) is 10.4. The van der Waals surface area contributed by atoms with E-state index in [0.29, 0.717) is 10.3 Å². The Morgan fingerprint density at radius 1 is 0.905 bits per heavy atom. The van der Waals surface area contributed by atoms with Crippen LogP contribution in [0, 0.1) is 27.7 Å². The Kier molecular flexibility index (Phi) is 4.75. The van der Waals surface area contributed by atoms with E-state index in [1.807, 2.05) is 40.0 Å². The van der Waals surface area contributed by atoms with Crippen LogP contribution in [0.1, 0.15) is 22.5 Å². The van der Waals surface area contributed by atoms with Crippen molar-refractivity contribution >= 4 is 28.8 Å². The lowest BCUT2D eigenvalue weighted by Crippen LogP contribution is -1.92. The van der Waals surface area contributed by atoms with Crippen molar-refractivity contribution in [2.45, 2.75) is 27.7 Å². The summed E-state index contributed by atoms with van der Waals surface area (Å²) in [7, 11) is 0. The zero-order valence-corrected chi connectivity index (χ0v) is 13.7. The van der Waals surface area contributed by atoms with Crippen LogP contribution >= 0.6 is 23.2 Å². The number of halogens is 2. The number of hydrogen-bond donors (Lipinski definition) is 0.